The Morgan fingerprint density at radius 3 is 2.54 bits per heavy atom. The number of nitrogens with zero attached hydrogens (tertiary/aromatic N) is 2. The SMILES string of the molecule is CCOc1ccc(NC(=O)c2cnc(NCCc3ccccc3F)cn2)cc1. The van der Waals surface area contributed by atoms with E-state index in [0.717, 1.165) is 5.75 Å². The largest absolute Gasteiger partial charge is 0.494 e. The first-order valence-corrected chi connectivity index (χ1v) is 8.99. The minimum Gasteiger partial charge on any atom is -0.494 e. The number of rotatable bonds is 8. The summed E-state index contributed by atoms with van der Waals surface area (Å²) in [4.78, 5) is 20.6. The Kier molecular flexibility index (Phi) is 6.51. The molecule has 0 fully saturated rings. The Labute approximate surface area is 162 Å². The molecule has 7 heteroatoms. The van der Waals surface area contributed by atoms with Crippen LogP contribution in [-0.2, 0) is 6.42 Å². The van der Waals surface area contributed by atoms with E-state index in [0.29, 0.717) is 36.6 Å². The lowest BCUT2D eigenvalue weighted by molar-refractivity contribution is 0.102. The summed E-state index contributed by atoms with van der Waals surface area (Å²) in [6.07, 6.45) is 3.40. The fourth-order valence-electron chi connectivity index (χ4n) is 2.56. The molecule has 0 bridgehead atoms. The number of amides is 1. The van der Waals surface area contributed by atoms with Crippen LogP contribution >= 0.6 is 0 Å². The van der Waals surface area contributed by atoms with E-state index in [4.69, 9.17) is 4.74 Å². The average Bonchev–Trinajstić information content (AvgIpc) is 2.71. The average molecular weight is 380 g/mol. The summed E-state index contributed by atoms with van der Waals surface area (Å²) in [6.45, 7) is 3.00. The van der Waals surface area contributed by atoms with Crippen molar-refractivity contribution in [1.29, 1.82) is 0 Å². The molecule has 2 aromatic carbocycles. The third-order valence-corrected chi connectivity index (χ3v) is 3.97. The number of aromatic nitrogens is 2. The molecule has 3 rings (SSSR count). The maximum absolute atomic E-state index is 13.6. The Morgan fingerprint density at radius 1 is 1.07 bits per heavy atom. The molecular formula is C21H21FN4O2. The summed E-state index contributed by atoms with van der Waals surface area (Å²) in [5, 5.41) is 5.83. The van der Waals surface area contributed by atoms with Crippen molar-refractivity contribution >= 4 is 17.4 Å². The number of ether oxygens (including phenoxy) is 1. The third kappa shape index (κ3) is 5.26. The van der Waals surface area contributed by atoms with Crippen molar-refractivity contribution in [2.24, 2.45) is 0 Å². The van der Waals surface area contributed by atoms with Crippen LogP contribution in [0.1, 0.15) is 23.0 Å². The molecule has 0 aliphatic rings. The van der Waals surface area contributed by atoms with Crippen LogP contribution in [0.4, 0.5) is 15.9 Å². The van der Waals surface area contributed by atoms with Crippen molar-refractivity contribution in [2.75, 3.05) is 23.8 Å². The number of anilines is 2. The monoisotopic (exact) mass is 380 g/mol. The molecule has 1 amide bonds. The van der Waals surface area contributed by atoms with E-state index < -0.39 is 0 Å². The van der Waals surface area contributed by atoms with Gasteiger partial charge in [-0.1, -0.05) is 18.2 Å². The van der Waals surface area contributed by atoms with Crippen molar-refractivity contribution in [3.05, 3.63) is 78.0 Å². The second-order valence-corrected chi connectivity index (χ2v) is 5.97. The van der Waals surface area contributed by atoms with E-state index >= 15 is 0 Å². The Hall–Kier alpha value is -3.48. The summed E-state index contributed by atoms with van der Waals surface area (Å²) in [7, 11) is 0. The number of halogens is 1. The third-order valence-electron chi connectivity index (χ3n) is 3.97. The first kappa shape index (κ1) is 19.3. The van der Waals surface area contributed by atoms with Gasteiger partial charge in [-0.3, -0.25) is 4.79 Å². The first-order valence-electron chi connectivity index (χ1n) is 8.99. The highest BCUT2D eigenvalue weighted by Gasteiger charge is 2.09. The molecule has 6 nitrogen and oxygen atoms in total. The van der Waals surface area contributed by atoms with Crippen LogP contribution in [0.2, 0.25) is 0 Å². The Morgan fingerprint density at radius 2 is 1.86 bits per heavy atom. The predicted molar refractivity (Wildman–Crippen MR) is 106 cm³/mol. The molecule has 0 aliphatic carbocycles. The van der Waals surface area contributed by atoms with Gasteiger partial charge in [0.05, 0.1) is 19.0 Å². The van der Waals surface area contributed by atoms with Crippen molar-refractivity contribution in [3.63, 3.8) is 0 Å². The number of carbonyl (C=O) groups is 1. The number of hydrogen-bond acceptors (Lipinski definition) is 5. The van der Waals surface area contributed by atoms with Crippen molar-refractivity contribution in [3.8, 4) is 5.75 Å². The van der Waals surface area contributed by atoms with Gasteiger partial charge in [0.15, 0.2) is 0 Å². The van der Waals surface area contributed by atoms with Crippen LogP contribution in [0, 0.1) is 5.82 Å². The molecule has 1 heterocycles. The topological polar surface area (TPSA) is 76.1 Å². The number of hydrogen-bond donors (Lipinski definition) is 2. The predicted octanol–water partition coefficient (Wildman–Crippen LogP) is 3.92. The van der Waals surface area contributed by atoms with E-state index in [9.17, 15) is 9.18 Å². The molecule has 0 aliphatic heterocycles. The van der Waals surface area contributed by atoms with Gasteiger partial charge in [0, 0.05) is 12.2 Å². The van der Waals surface area contributed by atoms with Gasteiger partial charge in [-0.25, -0.2) is 14.4 Å². The van der Waals surface area contributed by atoms with E-state index in [1.54, 1.807) is 42.5 Å². The fraction of sp³-hybridized carbons (Fsp3) is 0.190. The summed E-state index contributed by atoms with van der Waals surface area (Å²) in [6, 6.07) is 13.7. The number of carbonyl (C=O) groups excluding carboxylic acids is 1. The van der Waals surface area contributed by atoms with Gasteiger partial charge in [0.25, 0.3) is 5.91 Å². The van der Waals surface area contributed by atoms with Crippen LogP contribution in [-0.4, -0.2) is 29.0 Å². The van der Waals surface area contributed by atoms with Gasteiger partial charge >= 0.3 is 0 Å². The molecule has 28 heavy (non-hydrogen) atoms. The molecular weight excluding hydrogens is 359 g/mol. The minimum absolute atomic E-state index is 0.202. The van der Waals surface area contributed by atoms with E-state index in [-0.39, 0.29) is 17.4 Å². The molecule has 144 valence electrons. The standard InChI is InChI=1S/C21H21FN4O2/c1-2-28-17-9-7-16(8-10-17)26-21(27)19-13-25-20(14-24-19)23-12-11-15-5-3-4-6-18(15)22/h3-10,13-14H,2,11-12H2,1H3,(H,23,25)(H,26,27). The van der Waals surface area contributed by atoms with Crippen LogP contribution in [0.25, 0.3) is 0 Å². The summed E-state index contributed by atoms with van der Waals surface area (Å²) < 4.78 is 19.0. The molecule has 0 radical (unpaired) electrons. The summed E-state index contributed by atoms with van der Waals surface area (Å²) >= 11 is 0. The molecule has 0 saturated carbocycles. The van der Waals surface area contributed by atoms with Gasteiger partial charge < -0.3 is 15.4 Å². The lowest BCUT2D eigenvalue weighted by Gasteiger charge is -2.08. The summed E-state index contributed by atoms with van der Waals surface area (Å²) in [5.41, 5.74) is 1.48. The van der Waals surface area contributed by atoms with Crippen LogP contribution in [0.3, 0.4) is 0 Å². The molecule has 0 saturated heterocycles. The molecule has 0 unspecified atom stereocenters. The second kappa shape index (κ2) is 9.45. The normalized spacial score (nSPS) is 10.4. The zero-order valence-corrected chi connectivity index (χ0v) is 15.5. The van der Waals surface area contributed by atoms with Crippen LogP contribution < -0.4 is 15.4 Å². The van der Waals surface area contributed by atoms with Crippen LogP contribution in [0.5, 0.6) is 5.75 Å². The van der Waals surface area contributed by atoms with Crippen molar-refractivity contribution in [1.82, 2.24) is 9.97 Å². The first-order chi connectivity index (χ1) is 13.7. The van der Waals surface area contributed by atoms with E-state index in [2.05, 4.69) is 20.6 Å². The molecule has 0 atom stereocenters. The highest BCUT2D eigenvalue weighted by molar-refractivity contribution is 6.02. The second-order valence-electron chi connectivity index (χ2n) is 5.97. The lowest BCUT2D eigenvalue weighted by Crippen LogP contribution is -2.15. The zero-order chi connectivity index (χ0) is 19.8. The van der Waals surface area contributed by atoms with Gasteiger partial charge in [-0.05, 0) is 49.2 Å². The van der Waals surface area contributed by atoms with Crippen molar-refractivity contribution < 1.29 is 13.9 Å². The molecule has 1 aromatic heterocycles. The fourth-order valence-corrected chi connectivity index (χ4v) is 2.56. The number of nitrogens with one attached hydrogen (secondary N) is 2. The van der Waals surface area contributed by atoms with Gasteiger partial charge in [0.2, 0.25) is 0 Å². The molecule has 3 aromatic rings. The summed E-state index contributed by atoms with van der Waals surface area (Å²) in [5.74, 6) is 0.686. The molecule has 0 spiro atoms. The maximum atomic E-state index is 13.6. The molecule has 2 N–H and O–H groups in total. The van der Waals surface area contributed by atoms with Gasteiger partial charge in [-0.2, -0.15) is 0 Å². The quantitative estimate of drug-likeness (QED) is 0.619. The van der Waals surface area contributed by atoms with Crippen molar-refractivity contribution in [2.45, 2.75) is 13.3 Å². The number of benzene rings is 2. The highest BCUT2D eigenvalue weighted by Crippen LogP contribution is 2.16. The maximum Gasteiger partial charge on any atom is 0.275 e. The lowest BCUT2D eigenvalue weighted by atomic mass is 10.1. The zero-order valence-electron chi connectivity index (χ0n) is 15.5. The minimum atomic E-state index is -0.352. The smallest absolute Gasteiger partial charge is 0.275 e. The van der Waals surface area contributed by atoms with E-state index in [1.165, 1.54) is 18.5 Å². The van der Waals surface area contributed by atoms with E-state index in [1.807, 2.05) is 6.92 Å². The highest BCUT2D eigenvalue weighted by atomic mass is 19.1. The Balaban J connectivity index is 1.51. The van der Waals surface area contributed by atoms with Gasteiger partial charge in [-0.15, -0.1) is 0 Å². The Bertz CT molecular complexity index is 914. The van der Waals surface area contributed by atoms with Gasteiger partial charge in [0.1, 0.15) is 23.1 Å². The van der Waals surface area contributed by atoms with Crippen LogP contribution in [0.15, 0.2) is 60.9 Å².